The van der Waals surface area contributed by atoms with Crippen molar-refractivity contribution in [2.75, 3.05) is 0 Å². The van der Waals surface area contributed by atoms with Crippen molar-refractivity contribution in [3.63, 3.8) is 0 Å². The van der Waals surface area contributed by atoms with Crippen LogP contribution in [0.15, 0.2) is 18.2 Å². The van der Waals surface area contributed by atoms with Crippen LogP contribution in [0, 0.1) is 6.92 Å². The Kier molecular flexibility index (Phi) is 2.87. The number of rotatable bonds is 1. The van der Waals surface area contributed by atoms with Gasteiger partial charge in [-0.1, -0.05) is 23.8 Å². The third-order valence-electron chi connectivity index (χ3n) is 1.89. The van der Waals surface area contributed by atoms with Crippen molar-refractivity contribution >= 4 is 12.6 Å². The molecular formula is C8H8BF3O2. The van der Waals surface area contributed by atoms with Crippen molar-refractivity contribution in [1.82, 2.24) is 0 Å². The molecule has 0 aromatic heterocycles. The normalized spacial score (nSPS) is 11.6. The van der Waals surface area contributed by atoms with E-state index in [1.807, 2.05) is 0 Å². The molecule has 0 bridgehead atoms. The van der Waals surface area contributed by atoms with Gasteiger partial charge in [-0.2, -0.15) is 13.2 Å². The number of halogens is 3. The molecule has 2 N–H and O–H groups in total. The van der Waals surface area contributed by atoms with Crippen LogP contribution in [0.1, 0.15) is 11.1 Å². The second-order valence-corrected chi connectivity index (χ2v) is 2.91. The molecule has 0 spiro atoms. The lowest BCUT2D eigenvalue weighted by atomic mass is 9.74. The topological polar surface area (TPSA) is 40.5 Å². The van der Waals surface area contributed by atoms with E-state index in [0.29, 0.717) is 0 Å². The van der Waals surface area contributed by atoms with Gasteiger partial charge in [-0.3, -0.25) is 0 Å². The number of hydrogen-bond acceptors (Lipinski definition) is 2. The molecule has 0 radical (unpaired) electrons. The third kappa shape index (κ3) is 2.08. The van der Waals surface area contributed by atoms with Gasteiger partial charge in [-0.05, 0) is 12.4 Å². The van der Waals surface area contributed by atoms with Gasteiger partial charge in [-0.15, -0.1) is 0 Å². The molecule has 0 saturated heterocycles. The van der Waals surface area contributed by atoms with E-state index in [0.717, 1.165) is 6.07 Å². The Morgan fingerprint density at radius 2 is 1.79 bits per heavy atom. The van der Waals surface area contributed by atoms with Crippen LogP contribution in [0.2, 0.25) is 0 Å². The molecule has 0 heterocycles. The molecule has 1 rings (SSSR count). The molecule has 76 valence electrons. The van der Waals surface area contributed by atoms with E-state index in [2.05, 4.69) is 0 Å². The van der Waals surface area contributed by atoms with Crippen molar-refractivity contribution in [3.05, 3.63) is 29.3 Å². The number of benzene rings is 1. The minimum Gasteiger partial charge on any atom is -0.423 e. The lowest BCUT2D eigenvalue weighted by molar-refractivity contribution is -0.136. The van der Waals surface area contributed by atoms with Gasteiger partial charge in [0.05, 0.1) is 5.56 Å². The van der Waals surface area contributed by atoms with Crippen LogP contribution in [-0.2, 0) is 6.18 Å². The van der Waals surface area contributed by atoms with Crippen LogP contribution in [0.25, 0.3) is 0 Å². The van der Waals surface area contributed by atoms with Crippen molar-refractivity contribution in [1.29, 1.82) is 0 Å². The first-order valence-corrected chi connectivity index (χ1v) is 3.87. The zero-order chi connectivity index (χ0) is 10.9. The Bertz CT molecular complexity index is 336. The predicted octanol–water partition coefficient (Wildman–Crippen LogP) is 0.694. The summed E-state index contributed by atoms with van der Waals surface area (Å²) in [5.41, 5.74) is -1.29. The fourth-order valence-electron chi connectivity index (χ4n) is 1.27. The molecule has 2 nitrogen and oxygen atoms in total. The highest BCUT2D eigenvalue weighted by atomic mass is 19.4. The summed E-state index contributed by atoms with van der Waals surface area (Å²) in [5, 5.41) is 17.6. The zero-order valence-corrected chi connectivity index (χ0v) is 7.34. The monoisotopic (exact) mass is 204 g/mol. The summed E-state index contributed by atoms with van der Waals surface area (Å²) in [6.07, 6.45) is -4.56. The van der Waals surface area contributed by atoms with Crippen molar-refractivity contribution in [2.24, 2.45) is 0 Å². The molecule has 14 heavy (non-hydrogen) atoms. The highest BCUT2D eigenvalue weighted by Crippen LogP contribution is 2.28. The van der Waals surface area contributed by atoms with Gasteiger partial charge in [0.25, 0.3) is 0 Å². The molecule has 0 aliphatic carbocycles. The number of aryl methyl sites for hydroxylation is 1. The smallest absolute Gasteiger partial charge is 0.423 e. The molecule has 0 unspecified atom stereocenters. The standard InChI is InChI=1S/C8H8BF3O2/c1-5-3-2-4-6(8(10,11)12)7(5)9(13)14/h2-4,13-14H,1H3. The number of hydrogen-bond donors (Lipinski definition) is 2. The molecule has 0 aliphatic heterocycles. The summed E-state index contributed by atoms with van der Waals surface area (Å²) >= 11 is 0. The molecule has 0 atom stereocenters. The summed E-state index contributed by atoms with van der Waals surface area (Å²) in [5.74, 6) is 0. The summed E-state index contributed by atoms with van der Waals surface area (Å²) in [6.45, 7) is 1.39. The Hall–Kier alpha value is -1.01. The van der Waals surface area contributed by atoms with Crippen LogP contribution >= 0.6 is 0 Å². The maximum absolute atomic E-state index is 12.4. The first kappa shape index (κ1) is 11.1. The Balaban J connectivity index is 3.36. The van der Waals surface area contributed by atoms with E-state index in [4.69, 9.17) is 10.0 Å². The van der Waals surface area contributed by atoms with Crippen LogP contribution in [0.3, 0.4) is 0 Å². The lowest BCUT2D eigenvalue weighted by Crippen LogP contribution is -2.38. The second-order valence-electron chi connectivity index (χ2n) is 2.91. The van der Waals surface area contributed by atoms with Gasteiger partial charge >= 0.3 is 13.3 Å². The van der Waals surface area contributed by atoms with Gasteiger partial charge in [0.2, 0.25) is 0 Å². The van der Waals surface area contributed by atoms with E-state index in [-0.39, 0.29) is 5.56 Å². The number of alkyl halides is 3. The minimum atomic E-state index is -4.56. The summed E-state index contributed by atoms with van der Waals surface area (Å²) < 4.78 is 37.1. The maximum atomic E-state index is 12.4. The van der Waals surface area contributed by atoms with Crippen LogP contribution in [0.4, 0.5) is 13.2 Å². The average Bonchev–Trinajstić information content (AvgIpc) is 2.01. The van der Waals surface area contributed by atoms with Crippen molar-refractivity contribution in [2.45, 2.75) is 13.1 Å². The highest BCUT2D eigenvalue weighted by Gasteiger charge is 2.36. The molecule has 1 aromatic carbocycles. The SMILES string of the molecule is Cc1cccc(C(F)(F)F)c1B(O)O. The van der Waals surface area contributed by atoms with Gasteiger partial charge < -0.3 is 10.0 Å². The molecule has 0 aliphatic rings. The Morgan fingerprint density at radius 1 is 1.21 bits per heavy atom. The van der Waals surface area contributed by atoms with Crippen LogP contribution < -0.4 is 5.46 Å². The van der Waals surface area contributed by atoms with Gasteiger partial charge in [0.1, 0.15) is 0 Å². The van der Waals surface area contributed by atoms with Crippen LogP contribution in [-0.4, -0.2) is 17.2 Å². The lowest BCUT2D eigenvalue weighted by Gasteiger charge is -2.14. The van der Waals surface area contributed by atoms with E-state index < -0.39 is 24.3 Å². The highest BCUT2D eigenvalue weighted by molar-refractivity contribution is 6.59. The maximum Gasteiger partial charge on any atom is 0.489 e. The van der Waals surface area contributed by atoms with Crippen molar-refractivity contribution < 1.29 is 23.2 Å². The molecule has 0 fully saturated rings. The van der Waals surface area contributed by atoms with Gasteiger partial charge in [0.15, 0.2) is 0 Å². The van der Waals surface area contributed by atoms with E-state index in [1.54, 1.807) is 0 Å². The summed E-state index contributed by atoms with van der Waals surface area (Å²) in [7, 11) is -2.10. The molecule has 1 aromatic rings. The first-order chi connectivity index (χ1) is 6.34. The molecular weight excluding hydrogens is 196 g/mol. The fraction of sp³-hybridized carbons (Fsp3) is 0.250. The fourth-order valence-corrected chi connectivity index (χ4v) is 1.27. The first-order valence-electron chi connectivity index (χ1n) is 3.87. The summed E-state index contributed by atoms with van der Waals surface area (Å²) in [6, 6.07) is 3.44. The third-order valence-corrected chi connectivity index (χ3v) is 1.89. The second kappa shape index (κ2) is 3.63. The van der Waals surface area contributed by atoms with Crippen LogP contribution in [0.5, 0.6) is 0 Å². The van der Waals surface area contributed by atoms with E-state index in [1.165, 1.54) is 19.1 Å². The average molecular weight is 204 g/mol. The predicted molar refractivity (Wildman–Crippen MR) is 46.0 cm³/mol. The molecule has 0 amide bonds. The molecule has 6 heteroatoms. The Morgan fingerprint density at radius 3 is 2.14 bits per heavy atom. The quantitative estimate of drug-likeness (QED) is 0.660. The van der Waals surface area contributed by atoms with Gasteiger partial charge in [0, 0.05) is 0 Å². The van der Waals surface area contributed by atoms with E-state index >= 15 is 0 Å². The van der Waals surface area contributed by atoms with E-state index in [9.17, 15) is 13.2 Å². The minimum absolute atomic E-state index is 0.204. The molecule has 0 saturated carbocycles. The van der Waals surface area contributed by atoms with Gasteiger partial charge in [-0.25, -0.2) is 0 Å². The van der Waals surface area contributed by atoms with Crippen molar-refractivity contribution in [3.8, 4) is 0 Å². The largest absolute Gasteiger partial charge is 0.489 e. The Labute approximate surface area is 79.1 Å². The zero-order valence-electron chi connectivity index (χ0n) is 7.34. The summed E-state index contributed by atoms with van der Waals surface area (Å²) in [4.78, 5) is 0.